The molecule has 1 amide bonds. The maximum atomic E-state index is 11.1. The molecule has 6 nitrogen and oxygen atoms in total. The highest BCUT2D eigenvalue weighted by Gasteiger charge is 2.02. The second kappa shape index (κ2) is 8.11. The van der Waals surface area contributed by atoms with E-state index in [4.69, 9.17) is 0 Å². The van der Waals surface area contributed by atoms with Crippen LogP contribution < -0.4 is 16.0 Å². The number of nitrogens with zero attached hydrogens (tertiary/aromatic N) is 2. The highest BCUT2D eigenvalue weighted by atomic mass is 16.1. The number of nitrogens with one attached hydrogen (secondary N) is 3. The fraction of sp³-hybridized carbons (Fsp3) is 0.150. The molecule has 0 atom stereocenters. The predicted molar refractivity (Wildman–Crippen MR) is 105 cm³/mol. The standard InChI is InChI=1S/C20H21N5O/c1-14-3-5-16(6-4-14)13-22-19-11-12-21-20(25-19)24-18-9-7-17(8-10-18)23-15(2)26/h3-12H,13H2,1-2H3,(H,23,26)(H2,21,22,24,25). The van der Waals surface area contributed by atoms with Crippen molar-refractivity contribution in [3.05, 3.63) is 71.9 Å². The van der Waals surface area contributed by atoms with Gasteiger partial charge in [-0.2, -0.15) is 4.98 Å². The quantitative estimate of drug-likeness (QED) is 0.626. The average molecular weight is 347 g/mol. The number of hydrogen-bond donors (Lipinski definition) is 3. The molecular formula is C20H21N5O. The van der Waals surface area contributed by atoms with Crippen LogP contribution in [-0.4, -0.2) is 15.9 Å². The van der Waals surface area contributed by atoms with Gasteiger partial charge in [0, 0.05) is 31.0 Å². The van der Waals surface area contributed by atoms with E-state index in [0.29, 0.717) is 12.5 Å². The summed E-state index contributed by atoms with van der Waals surface area (Å²) >= 11 is 0. The third kappa shape index (κ3) is 5.04. The molecule has 3 N–H and O–H groups in total. The minimum absolute atomic E-state index is 0.0959. The molecule has 132 valence electrons. The van der Waals surface area contributed by atoms with Crippen LogP contribution >= 0.6 is 0 Å². The molecule has 0 spiro atoms. The average Bonchev–Trinajstić information content (AvgIpc) is 2.63. The molecule has 0 saturated carbocycles. The third-order valence-electron chi connectivity index (χ3n) is 3.71. The highest BCUT2D eigenvalue weighted by Crippen LogP contribution is 2.17. The van der Waals surface area contributed by atoms with E-state index in [-0.39, 0.29) is 5.91 Å². The van der Waals surface area contributed by atoms with Crippen molar-refractivity contribution in [2.24, 2.45) is 0 Å². The van der Waals surface area contributed by atoms with Gasteiger partial charge in [0.1, 0.15) is 5.82 Å². The summed E-state index contributed by atoms with van der Waals surface area (Å²) in [6, 6.07) is 17.6. The number of rotatable bonds is 6. The molecule has 3 rings (SSSR count). The summed E-state index contributed by atoms with van der Waals surface area (Å²) < 4.78 is 0. The van der Waals surface area contributed by atoms with Gasteiger partial charge in [-0.1, -0.05) is 29.8 Å². The van der Waals surface area contributed by atoms with Crippen molar-refractivity contribution in [2.45, 2.75) is 20.4 Å². The van der Waals surface area contributed by atoms with E-state index >= 15 is 0 Å². The minimum Gasteiger partial charge on any atom is -0.366 e. The Labute approximate surface area is 152 Å². The van der Waals surface area contributed by atoms with Crippen molar-refractivity contribution >= 4 is 29.0 Å². The lowest BCUT2D eigenvalue weighted by atomic mass is 10.1. The van der Waals surface area contributed by atoms with Crippen molar-refractivity contribution < 1.29 is 4.79 Å². The Morgan fingerprint density at radius 2 is 1.65 bits per heavy atom. The molecule has 0 fully saturated rings. The molecule has 0 saturated heterocycles. The molecule has 6 heteroatoms. The zero-order valence-electron chi connectivity index (χ0n) is 14.8. The molecule has 26 heavy (non-hydrogen) atoms. The van der Waals surface area contributed by atoms with Crippen LogP contribution in [0, 0.1) is 6.92 Å². The summed E-state index contributed by atoms with van der Waals surface area (Å²) in [6.07, 6.45) is 1.71. The SMILES string of the molecule is CC(=O)Nc1ccc(Nc2nccc(NCc3ccc(C)cc3)n2)cc1. The van der Waals surface area contributed by atoms with E-state index in [0.717, 1.165) is 17.2 Å². The number of carbonyl (C=O) groups excluding carboxylic acids is 1. The van der Waals surface area contributed by atoms with Gasteiger partial charge in [0.05, 0.1) is 0 Å². The zero-order chi connectivity index (χ0) is 18.4. The topological polar surface area (TPSA) is 78.9 Å². The number of hydrogen-bond acceptors (Lipinski definition) is 5. The predicted octanol–water partition coefficient (Wildman–Crippen LogP) is 4.10. The maximum Gasteiger partial charge on any atom is 0.229 e. The number of aromatic nitrogens is 2. The van der Waals surface area contributed by atoms with Crippen LogP contribution in [0.3, 0.4) is 0 Å². The van der Waals surface area contributed by atoms with Crippen LogP contribution in [0.5, 0.6) is 0 Å². The number of benzene rings is 2. The van der Waals surface area contributed by atoms with Gasteiger partial charge in [0.25, 0.3) is 0 Å². The smallest absolute Gasteiger partial charge is 0.229 e. The van der Waals surface area contributed by atoms with Crippen molar-refractivity contribution in [1.29, 1.82) is 0 Å². The van der Waals surface area contributed by atoms with Gasteiger partial charge in [0.15, 0.2) is 0 Å². The molecule has 1 heterocycles. The molecular weight excluding hydrogens is 326 g/mol. The van der Waals surface area contributed by atoms with E-state index in [2.05, 4.69) is 57.1 Å². The van der Waals surface area contributed by atoms with E-state index < -0.39 is 0 Å². The van der Waals surface area contributed by atoms with Crippen molar-refractivity contribution in [2.75, 3.05) is 16.0 Å². The first-order valence-electron chi connectivity index (χ1n) is 8.35. The summed E-state index contributed by atoms with van der Waals surface area (Å²) in [5.74, 6) is 1.16. The van der Waals surface area contributed by atoms with Gasteiger partial charge in [-0.25, -0.2) is 4.98 Å². The fourth-order valence-corrected chi connectivity index (χ4v) is 2.39. The van der Waals surface area contributed by atoms with Crippen LogP contribution in [0.4, 0.5) is 23.1 Å². The van der Waals surface area contributed by atoms with Gasteiger partial charge in [-0.3, -0.25) is 4.79 Å². The van der Waals surface area contributed by atoms with E-state index in [9.17, 15) is 4.79 Å². The minimum atomic E-state index is -0.0959. The van der Waals surface area contributed by atoms with Gasteiger partial charge < -0.3 is 16.0 Å². The number of aryl methyl sites for hydroxylation is 1. The Kier molecular flexibility index (Phi) is 5.43. The largest absolute Gasteiger partial charge is 0.366 e. The van der Waals surface area contributed by atoms with Crippen molar-refractivity contribution in [3.63, 3.8) is 0 Å². The second-order valence-corrected chi connectivity index (χ2v) is 5.99. The summed E-state index contributed by atoms with van der Waals surface area (Å²) in [5.41, 5.74) is 4.02. The Hall–Kier alpha value is -3.41. The molecule has 3 aromatic rings. The van der Waals surface area contributed by atoms with Crippen LogP contribution in [-0.2, 0) is 11.3 Å². The molecule has 1 aromatic heterocycles. The van der Waals surface area contributed by atoms with Gasteiger partial charge >= 0.3 is 0 Å². The lowest BCUT2D eigenvalue weighted by molar-refractivity contribution is -0.114. The lowest BCUT2D eigenvalue weighted by Gasteiger charge is -2.09. The lowest BCUT2D eigenvalue weighted by Crippen LogP contribution is -2.06. The van der Waals surface area contributed by atoms with Crippen molar-refractivity contribution in [1.82, 2.24) is 9.97 Å². The van der Waals surface area contributed by atoms with E-state index in [1.54, 1.807) is 6.20 Å². The summed E-state index contributed by atoms with van der Waals surface area (Å²) in [6.45, 7) is 4.25. The molecule has 0 unspecified atom stereocenters. The summed E-state index contributed by atoms with van der Waals surface area (Å²) in [4.78, 5) is 19.8. The van der Waals surface area contributed by atoms with Crippen LogP contribution in [0.2, 0.25) is 0 Å². The number of anilines is 4. The maximum absolute atomic E-state index is 11.1. The van der Waals surface area contributed by atoms with Gasteiger partial charge in [-0.05, 0) is 42.8 Å². The van der Waals surface area contributed by atoms with Crippen LogP contribution in [0.15, 0.2) is 60.8 Å². The van der Waals surface area contributed by atoms with Gasteiger partial charge in [0.2, 0.25) is 11.9 Å². The van der Waals surface area contributed by atoms with E-state index in [1.165, 1.54) is 18.1 Å². The molecule has 0 aliphatic carbocycles. The third-order valence-corrected chi connectivity index (χ3v) is 3.71. The molecule has 0 radical (unpaired) electrons. The van der Waals surface area contributed by atoms with Crippen molar-refractivity contribution in [3.8, 4) is 0 Å². The first kappa shape index (κ1) is 17.4. The fourth-order valence-electron chi connectivity index (χ4n) is 2.39. The molecule has 0 bridgehead atoms. The summed E-state index contributed by atoms with van der Waals surface area (Å²) in [7, 11) is 0. The second-order valence-electron chi connectivity index (χ2n) is 5.99. The Balaban J connectivity index is 1.61. The number of carbonyl (C=O) groups is 1. The zero-order valence-corrected chi connectivity index (χ0v) is 14.8. The highest BCUT2D eigenvalue weighted by molar-refractivity contribution is 5.88. The Morgan fingerprint density at radius 3 is 2.35 bits per heavy atom. The van der Waals surface area contributed by atoms with E-state index in [1.807, 2.05) is 30.3 Å². The summed E-state index contributed by atoms with van der Waals surface area (Å²) in [5, 5.41) is 9.19. The molecule has 0 aliphatic heterocycles. The molecule has 2 aromatic carbocycles. The van der Waals surface area contributed by atoms with Gasteiger partial charge in [-0.15, -0.1) is 0 Å². The first-order valence-corrected chi connectivity index (χ1v) is 8.35. The Bertz CT molecular complexity index is 875. The monoisotopic (exact) mass is 347 g/mol. The molecule has 0 aliphatic rings. The Morgan fingerprint density at radius 1 is 0.962 bits per heavy atom. The van der Waals surface area contributed by atoms with Crippen LogP contribution in [0.25, 0.3) is 0 Å². The first-order chi connectivity index (χ1) is 12.6. The van der Waals surface area contributed by atoms with Crippen LogP contribution in [0.1, 0.15) is 18.1 Å². The normalized spacial score (nSPS) is 10.2. The number of amides is 1.